The van der Waals surface area contributed by atoms with Gasteiger partial charge in [-0.15, -0.1) is 0 Å². The van der Waals surface area contributed by atoms with Crippen molar-refractivity contribution in [2.24, 2.45) is 0 Å². The molecule has 0 aliphatic carbocycles. The Morgan fingerprint density at radius 2 is 1.81 bits per heavy atom. The number of carbonyl (C=O) groups is 1. The lowest BCUT2D eigenvalue weighted by molar-refractivity contribution is 0.0953. The Hall–Kier alpha value is -2.82. The van der Waals surface area contributed by atoms with E-state index in [2.05, 4.69) is 35.0 Å². The van der Waals surface area contributed by atoms with Crippen LogP contribution in [0.4, 0.5) is 0 Å². The molecule has 1 N–H and O–H groups in total. The Balaban J connectivity index is 1.53. The Morgan fingerprint density at radius 1 is 1.00 bits per heavy atom. The highest BCUT2D eigenvalue weighted by Gasteiger charge is 2.11. The van der Waals surface area contributed by atoms with Crippen molar-refractivity contribution in [2.45, 2.75) is 64.8 Å². The van der Waals surface area contributed by atoms with Gasteiger partial charge in [0.15, 0.2) is 0 Å². The topological polar surface area (TPSA) is 56.2 Å². The highest BCUT2D eigenvalue weighted by molar-refractivity contribution is 5.94. The number of benzene rings is 2. The minimum atomic E-state index is -0.0699. The van der Waals surface area contributed by atoms with Crippen LogP contribution in [0.25, 0.3) is 11.0 Å². The number of rotatable bonds is 13. The molecule has 2 aromatic carbocycles. The largest absolute Gasteiger partial charge is 0.497 e. The van der Waals surface area contributed by atoms with Crippen molar-refractivity contribution < 1.29 is 9.53 Å². The fourth-order valence-corrected chi connectivity index (χ4v) is 3.93. The summed E-state index contributed by atoms with van der Waals surface area (Å²) in [5.74, 6) is 1.74. The van der Waals surface area contributed by atoms with Crippen LogP contribution in [-0.4, -0.2) is 29.1 Å². The summed E-state index contributed by atoms with van der Waals surface area (Å²) in [6.45, 7) is 3.89. The Morgan fingerprint density at radius 3 is 2.65 bits per heavy atom. The molecule has 31 heavy (non-hydrogen) atoms. The monoisotopic (exact) mass is 421 g/mol. The lowest BCUT2D eigenvalue weighted by Gasteiger charge is -2.10. The molecule has 5 nitrogen and oxygen atoms in total. The smallest absolute Gasteiger partial charge is 0.251 e. The number of methoxy groups -OCH3 is 1. The lowest BCUT2D eigenvalue weighted by atomic mass is 10.1. The summed E-state index contributed by atoms with van der Waals surface area (Å²) in [5.41, 5.74) is 2.89. The summed E-state index contributed by atoms with van der Waals surface area (Å²) >= 11 is 0. The summed E-state index contributed by atoms with van der Waals surface area (Å²) in [7, 11) is 1.61. The second kappa shape index (κ2) is 12.1. The van der Waals surface area contributed by atoms with E-state index in [4.69, 9.17) is 9.72 Å². The van der Waals surface area contributed by atoms with Gasteiger partial charge in [-0.25, -0.2) is 4.98 Å². The van der Waals surface area contributed by atoms with Gasteiger partial charge in [-0.05, 0) is 43.2 Å². The van der Waals surface area contributed by atoms with Crippen molar-refractivity contribution in [1.29, 1.82) is 0 Å². The van der Waals surface area contributed by atoms with Gasteiger partial charge in [0.1, 0.15) is 11.6 Å². The number of ether oxygens (including phenoxy) is 1. The third-order valence-electron chi connectivity index (χ3n) is 5.66. The summed E-state index contributed by atoms with van der Waals surface area (Å²) < 4.78 is 7.57. The zero-order valence-electron chi connectivity index (χ0n) is 18.9. The summed E-state index contributed by atoms with van der Waals surface area (Å²) in [4.78, 5) is 17.3. The zero-order chi connectivity index (χ0) is 21.9. The van der Waals surface area contributed by atoms with Gasteiger partial charge in [0.25, 0.3) is 5.91 Å². The zero-order valence-corrected chi connectivity index (χ0v) is 18.9. The van der Waals surface area contributed by atoms with Crippen molar-refractivity contribution in [2.75, 3.05) is 13.7 Å². The van der Waals surface area contributed by atoms with Crippen LogP contribution in [0.1, 0.15) is 68.1 Å². The van der Waals surface area contributed by atoms with E-state index in [1.165, 1.54) is 44.0 Å². The first-order valence-electron chi connectivity index (χ1n) is 11.6. The number of hydrogen-bond acceptors (Lipinski definition) is 3. The fourth-order valence-electron chi connectivity index (χ4n) is 3.93. The van der Waals surface area contributed by atoms with Gasteiger partial charge in [0.2, 0.25) is 0 Å². The van der Waals surface area contributed by atoms with Crippen molar-refractivity contribution in [3.05, 3.63) is 59.9 Å². The van der Waals surface area contributed by atoms with Crippen LogP contribution < -0.4 is 10.1 Å². The number of nitrogens with zero attached hydrogens (tertiary/aromatic N) is 2. The molecule has 166 valence electrons. The number of aryl methyl sites for hydroxylation is 2. The first kappa shape index (κ1) is 22.9. The molecule has 1 amide bonds. The van der Waals surface area contributed by atoms with Crippen molar-refractivity contribution >= 4 is 16.9 Å². The van der Waals surface area contributed by atoms with Gasteiger partial charge < -0.3 is 14.6 Å². The first-order valence-corrected chi connectivity index (χ1v) is 11.6. The van der Waals surface area contributed by atoms with E-state index in [0.717, 1.165) is 30.7 Å². The minimum absolute atomic E-state index is 0.0699. The predicted molar refractivity (Wildman–Crippen MR) is 127 cm³/mol. The standard InChI is InChI=1S/C26H35N3O2/c1-3-4-5-6-7-10-19-29-24-16-9-8-15-23(24)28-25(29)17-12-18-27-26(30)21-13-11-14-22(20-21)31-2/h8-9,11,13-16,20H,3-7,10,12,17-19H2,1-2H3,(H,27,30). The molecule has 3 aromatic rings. The van der Waals surface area contributed by atoms with E-state index in [0.29, 0.717) is 17.9 Å². The van der Waals surface area contributed by atoms with Gasteiger partial charge in [0.05, 0.1) is 18.1 Å². The average molecular weight is 422 g/mol. The fraction of sp³-hybridized carbons (Fsp3) is 0.462. The van der Waals surface area contributed by atoms with E-state index < -0.39 is 0 Å². The summed E-state index contributed by atoms with van der Waals surface area (Å²) in [6.07, 6.45) is 9.42. The SMILES string of the molecule is CCCCCCCCn1c(CCCNC(=O)c2cccc(OC)c2)nc2ccccc21. The maximum Gasteiger partial charge on any atom is 0.251 e. The second-order valence-corrected chi connectivity index (χ2v) is 8.03. The molecule has 1 aromatic heterocycles. The van der Waals surface area contributed by atoms with Gasteiger partial charge in [-0.2, -0.15) is 0 Å². The molecule has 0 saturated carbocycles. The predicted octanol–water partition coefficient (Wildman–Crippen LogP) is 5.77. The molecule has 0 fully saturated rings. The third-order valence-corrected chi connectivity index (χ3v) is 5.66. The number of imidazole rings is 1. The van der Waals surface area contributed by atoms with E-state index in [1.54, 1.807) is 19.2 Å². The average Bonchev–Trinajstić information content (AvgIpc) is 3.16. The molecule has 3 rings (SSSR count). The normalized spacial score (nSPS) is 11.0. The molecule has 5 heteroatoms. The Labute approximate surface area is 185 Å². The van der Waals surface area contributed by atoms with Crippen LogP contribution in [0.15, 0.2) is 48.5 Å². The van der Waals surface area contributed by atoms with Gasteiger partial charge in [0, 0.05) is 25.1 Å². The van der Waals surface area contributed by atoms with Crippen molar-refractivity contribution in [3.8, 4) is 5.75 Å². The number of fused-ring (bicyclic) bond motifs is 1. The van der Waals surface area contributed by atoms with Crippen LogP contribution in [-0.2, 0) is 13.0 Å². The first-order chi connectivity index (χ1) is 15.2. The van der Waals surface area contributed by atoms with Gasteiger partial charge in [-0.3, -0.25) is 4.79 Å². The molecule has 0 aliphatic rings. The third kappa shape index (κ3) is 6.58. The number of amides is 1. The maximum absolute atomic E-state index is 12.4. The van der Waals surface area contributed by atoms with Gasteiger partial charge >= 0.3 is 0 Å². The van der Waals surface area contributed by atoms with E-state index in [1.807, 2.05) is 18.2 Å². The lowest BCUT2D eigenvalue weighted by Crippen LogP contribution is -2.25. The molecular formula is C26H35N3O2. The highest BCUT2D eigenvalue weighted by Crippen LogP contribution is 2.19. The number of nitrogens with one attached hydrogen (secondary N) is 1. The number of aromatic nitrogens is 2. The summed E-state index contributed by atoms with van der Waals surface area (Å²) in [6, 6.07) is 15.6. The second-order valence-electron chi connectivity index (χ2n) is 8.03. The number of hydrogen-bond donors (Lipinski definition) is 1. The van der Waals surface area contributed by atoms with Crippen LogP contribution >= 0.6 is 0 Å². The molecule has 0 radical (unpaired) electrons. The van der Waals surface area contributed by atoms with Crippen LogP contribution in [0.2, 0.25) is 0 Å². The quantitative estimate of drug-likeness (QED) is 0.357. The molecule has 0 bridgehead atoms. The van der Waals surface area contributed by atoms with E-state index in [-0.39, 0.29) is 5.91 Å². The Kier molecular flexibility index (Phi) is 8.95. The molecule has 0 saturated heterocycles. The van der Waals surface area contributed by atoms with E-state index >= 15 is 0 Å². The van der Waals surface area contributed by atoms with Crippen LogP contribution in [0.5, 0.6) is 5.75 Å². The number of carbonyl (C=O) groups excluding carboxylic acids is 1. The molecular weight excluding hydrogens is 386 g/mol. The molecule has 1 heterocycles. The molecule has 0 unspecified atom stereocenters. The van der Waals surface area contributed by atoms with E-state index in [9.17, 15) is 4.79 Å². The Bertz CT molecular complexity index is 964. The van der Waals surface area contributed by atoms with Crippen molar-refractivity contribution in [1.82, 2.24) is 14.9 Å². The molecule has 0 spiro atoms. The molecule has 0 aliphatic heterocycles. The number of unbranched alkanes of at least 4 members (excludes halogenated alkanes) is 5. The van der Waals surface area contributed by atoms with Gasteiger partial charge in [-0.1, -0.05) is 57.2 Å². The van der Waals surface area contributed by atoms with Crippen LogP contribution in [0.3, 0.4) is 0 Å². The highest BCUT2D eigenvalue weighted by atomic mass is 16.5. The number of para-hydroxylation sites is 2. The summed E-state index contributed by atoms with van der Waals surface area (Å²) in [5, 5.41) is 3.01. The van der Waals surface area contributed by atoms with Crippen LogP contribution in [0, 0.1) is 0 Å². The molecule has 0 atom stereocenters. The van der Waals surface area contributed by atoms with Crippen molar-refractivity contribution in [3.63, 3.8) is 0 Å². The maximum atomic E-state index is 12.4. The minimum Gasteiger partial charge on any atom is -0.497 e.